The highest BCUT2D eigenvalue weighted by Gasteiger charge is 2.19. The van der Waals surface area contributed by atoms with Crippen LogP contribution in [0.4, 0.5) is 0 Å². The largest absolute Gasteiger partial charge is 0.494 e. The number of hydrogen-bond acceptors (Lipinski definition) is 3. The van der Waals surface area contributed by atoms with Crippen LogP contribution in [0.5, 0.6) is 5.75 Å². The van der Waals surface area contributed by atoms with E-state index < -0.39 is 0 Å². The third kappa shape index (κ3) is 6.30. The van der Waals surface area contributed by atoms with Crippen molar-refractivity contribution in [3.05, 3.63) is 65.7 Å². The maximum absolute atomic E-state index is 12.8. The highest BCUT2D eigenvalue weighted by Crippen LogP contribution is 2.25. The molecule has 1 atom stereocenters. The molecule has 0 N–H and O–H groups in total. The van der Waals surface area contributed by atoms with Crippen LogP contribution in [-0.2, 0) is 0 Å². The SMILES string of the molecule is CCC(C(=O)c1ccc(OCCCCCN(C)C)cc1)c1ccccc1. The zero-order chi connectivity index (χ0) is 18.8. The van der Waals surface area contributed by atoms with Gasteiger partial charge >= 0.3 is 0 Å². The number of carbonyl (C=O) groups excluding carboxylic acids is 1. The number of Topliss-reactive ketones (excluding diaryl/α,β-unsaturated/α-hetero) is 1. The molecule has 2 aromatic rings. The van der Waals surface area contributed by atoms with Crippen LogP contribution < -0.4 is 4.74 Å². The third-order valence-electron chi connectivity index (χ3n) is 4.58. The lowest BCUT2D eigenvalue weighted by Crippen LogP contribution is -2.13. The van der Waals surface area contributed by atoms with Crippen LogP contribution >= 0.6 is 0 Å². The summed E-state index contributed by atoms with van der Waals surface area (Å²) in [7, 11) is 4.19. The minimum absolute atomic E-state index is 0.0836. The Morgan fingerprint density at radius 3 is 2.27 bits per heavy atom. The highest BCUT2D eigenvalue weighted by atomic mass is 16.5. The smallest absolute Gasteiger partial charge is 0.170 e. The van der Waals surface area contributed by atoms with Gasteiger partial charge in [0.05, 0.1) is 6.61 Å². The predicted molar refractivity (Wildman–Crippen MR) is 108 cm³/mol. The normalized spacial score (nSPS) is 12.2. The average molecular weight is 354 g/mol. The first kappa shape index (κ1) is 20.2. The van der Waals surface area contributed by atoms with Crippen LogP contribution in [-0.4, -0.2) is 37.9 Å². The number of carbonyl (C=O) groups is 1. The van der Waals surface area contributed by atoms with Gasteiger partial charge in [0.25, 0.3) is 0 Å². The Hall–Kier alpha value is -2.13. The monoisotopic (exact) mass is 353 g/mol. The van der Waals surface area contributed by atoms with Gasteiger partial charge in [0.15, 0.2) is 5.78 Å². The fraction of sp³-hybridized carbons (Fsp3) is 0.435. The van der Waals surface area contributed by atoms with Gasteiger partial charge in [0, 0.05) is 11.5 Å². The van der Waals surface area contributed by atoms with Gasteiger partial charge in [-0.25, -0.2) is 0 Å². The van der Waals surface area contributed by atoms with Crippen molar-refractivity contribution in [1.82, 2.24) is 4.90 Å². The molecular formula is C23H31NO2. The Morgan fingerprint density at radius 2 is 1.65 bits per heavy atom. The maximum Gasteiger partial charge on any atom is 0.170 e. The van der Waals surface area contributed by atoms with Gasteiger partial charge in [-0.2, -0.15) is 0 Å². The Labute approximate surface area is 158 Å². The van der Waals surface area contributed by atoms with E-state index in [1.807, 2.05) is 54.6 Å². The highest BCUT2D eigenvalue weighted by molar-refractivity contribution is 6.01. The fourth-order valence-electron chi connectivity index (χ4n) is 3.07. The molecular weight excluding hydrogens is 322 g/mol. The van der Waals surface area contributed by atoms with Crippen molar-refractivity contribution in [3.63, 3.8) is 0 Å². The number of ketones is 1. The van der Waals surface area contributed by atoms with Crippen molar-refractivity contribution in [2.75, 3.05) is 27.2 Å². The lowest BCUT2D eigenvalue weighted by molar-refractivity contribution is 0.0957. The second-order valence-corrected chi connectivity index (χ2v) is 6.97. The van der Waals surface area contributed by atoms with E-state index in [0.717, 1.165) is 42.9 Å². The van der Waals surface area contributed by atoms with Gasteiger partial charge in [-0.05, 0) is 76.2 Å². The molecule has 1 unspecified atom stereocenters. The van der Waals surface area contributed by atoms with Crippen molar-refractivity contribution in [2.45, 2.75) is 38.5 Å². The van der Waals surface area contributed by atoms with E-state index in [0.29, 0.717) is 0 Å². The van der Waals surface area contributed by atoms with Gasteiger partial charge in [-0.1, -0.05) is 37.3 Å². The summed E-state index contributed by atoms with van der Waals surface area (Å²) < 4.78 is 5.79. The molecule has 0 bridgehead atoms. The molecule has 0 saturated heterocycles. The van der Waals surface area contributed by atoms with E-state index in [1.165, 1.54) is 12.8 Å². The van der Waals surface area contributed by atoms with Gasteiger partial charge in [-0.15, -0.1) is 0 Å². The van der Waals surface area contributed by atoms with Crippen LogP contribution in [0.3, 0.4) is 0 Å². The molecule has 0 amide bonds. The molecule has 0 aromatic heterocycles. The molecule has 26 heavy (non-hydrogen) atoms. The molecule has 2 rings (SSSR count). The summed E-state index contributed by atoms with van der Waals surface area (Å²) in [5, 5.41) is 0. The molecule has 0 aliphatic heterocycles. The molecule has 0 fully saturated rings. The third-order valence-corrected chi connectivity index (χ3v) is 4.58. The molecule has 2 aromatic carbocycles. The zero-order valence-electron chi connectivity index (χ0n) is 16.3. The standard InChI is InChI=1S/C23H31NO2/c1-4-22(19-11-7-5-8-12-19)23(25)20-13-15-21(16-14-20)26-18-10-6-9-17-24(2)3/h5,7-8,11-16,22H,4,6,9-10,17-18H2,1-3H3. The van der Waals surface area contributed by atoms with E-state index in [-0.39, 0.29) is 11.7 Å². The summed E-state index contributed by atoms with van der Waals surface area (Å²) >= 11 is 0. The Bertz CT molecular complexity index is 650. The molecule has 0 saturated carbocycles. The summed E-state index contributed by atoms with van der Waals surface area (Å²) in [5.41, 5.74) is 1.83. The van der Waals surface area contributed by atoms with Crippen molar-refractivity contribution < 1.29 is 9.53 Å². The van der Waals surface area contributed by atoms with Gasteiger partial charge in [0.2, 0.25) is 0 Å². The van der Waals surface area contributed by atoms with Gasteiger partial charge < -0.3 is 9.64 Å². The summed E-state index contributed by atoms with van der Waals surface area (Å²) in [4.78, 5) is 15.0. The summed E-state index contributed by atoms with van der Waals surface area (Å²) in [6.07, 6.45) is 4.22. The first-order valence-electron chi connectivity index (χ1n) is 9.58. The van der Waals surface area contributed by atoms with Gasteiger partial charge in [0.1, 0.15) is 5.75 Å². The van der Waals surface area contributed by atoms with E-state index >= 15 is 0 Å². The second kappa shape index (κ2) is 10.8. The van der Waals surface area contributed by atoms with Gasteiger partial charge in [-0.3, -0.25) is 4.79 Å². The average Bonchev–Trinajstić information content (AvgIpc) is 2.66. The summed E-state index contributed by atoms with van der Waals surface area (Å²) in [5.74, 6) is 0.926. The Balaban J connectivity index is 1.85. The zero-order valence-corrected chi connectivity index (χ0v) is 16.3. The van der Waals surface area contributed by atoms with Crippen molar-refractivity contribution in [3.8, 4) is 5.75 Å². The minimum Gasteiger partial charge on any atom is -0.494 e. The lowest BCUT2D eigenvalue weighted by atomic mass is 9.89. The van der Waals surface area contributed by atoms with Crippen molar-refractivity contribution >= 4 is 5.78 Å². The quantitative estimate of drug-likeness (QED) is 0.412. The lowest BCUT2D eigenvalue weighted by Gasteiger charge is -2.14. The minimum atomic E-state index is -0.0836. The number of benzene rings is 2. The number of unbranched alkanes of at least 4 members (excludes halogenated alkanes) is 2. The summed E-state index contributed by atoms with van der Waals surface area (Å²) in [6.45, 7) is 3.91. The molecule has 0 heterocycles. The van der Waals surface area contributed by atoms with Crippen LogP contribution in [0.1, 0.15) is 54.4 Å². The molecule has 3 heteroatoms. The Kier molecular flexibility index (Phi) is 8.36. The molecule has 3 nitrogen and oxygen atoms in total. The van der Waals surface area contributed by atoms with E-state index in [4.69, 9.17) is 4.74 Å². The summed E-state index contributed by atoms with van der Waals surface area (Å²) in [6, 6.07) is 17.6. The fourth-order valence-corrected chi connectivity index (χ4v) is 3.07. The number of rotatable bonds is 11. The molecule has 140 valence electrons. The van der Waals surface area contributed by atoms with Crippen molar-refractivity contribution in [2.24, 2.45) is 0 Å². The van der Waals surface area contributed by atoms with Crippen molar-refractivity contribution in [1.29, 1.82) is 0 Å². The topological polar surface area (TPSA) is 29.5 Å². The van der Waals surface area contributed by atoms with E-state index in [1.54, 1.807) is 0 Å². The molecule has 0 aliphatic rings. The first-order chi connectivity index (χ1) is 12.6. The number of ether oxygens (including phenoxy) is 1. The number of hydrogen-bond donors (Lipinski definition) is 0. The van der Waals surface area contributed by atoms with Crippen LogP contribution in [0.15, 0.2) is 54.6 Å². The first-order valence-corrected chi connectivity index (χ1v) is 9.58. The maximum atomic E-state index is 12.8. The van der Waals surface area contributed by atoms with Crippen LogP contribution in [0, 0.1) is 0 Å². The molecule has 0 spiro atoms. The van der Waals surface area contributed by atoms with E-state index in [2.05, 4.69) is 25.9 Å². The molecule has 0 radical (unpaired) electrons. The van der Waals surface area contributed by atoms with Crippen LogP contribution in [0.2, 0.25) is 0 Å². The van der Waals surface area contributed by atoms with E-state index in [9.17, 15) is 4.79 Å². The predicted octanol–water partition coefficient (Wildman–Crippen LogP) is 5.17. The molecule has 0 aliphatic carbocycles. The Morgan fingerprint density at radius 1 is 0.962 bits per heavy atom. The number of nitrogens with zero attached hydrogens (tertiary/aromatic N) is 1. The van der Waals surface area contributed by atoms with Crippen LogP contribution in [0.25, 0.3) is 0 Å². The second-order valence-electron chi connectivity index (χ2n) is 6.97.